The van der Waals surface area contributed by atoms with Crippen LogP contribution in [0, 0.1) is 0 Å². The van der Waals surface area contributed by atoms with E-state index >= 15 is 0 Å². The molecule has 0 saturated carbocycles. The molecule has 5 rings (SSSR count). The molecule has 0 aromatic heterocycles. The van der Waals surface area contributed by atoms with Crippen LogP contribution in [0.2, 0.25) is 0 Å². The van der Waals surface area contributed by atoms with Crippen LogP contribution in [0.1, 0.15) is 30.4 Å². The van der Waals surface area contributed by atoms with Crippen molar-refractivity contribution in [2.75, 3.05) is 5.75 Å². The maximum atomic E-state index is 2.36. The van der Waals surface area contributed by atoms with Crippen molar-refractivity contribution in [1.82, 2.24) is 0 Å². The maximum Gasteiger partial charge on any atom is 0.116 e. The Morgan fingerprint density at radius 2 is 0.921 bits per heavy atom. The summed E-state index contributed by atoms with van der Waals surface area (Å²) >= 11 is 2.04. The first-order valence-corrected chi connectivity index (χ1v) is 16.6. The van der Waals surface area contributed by atoms with E-state index in [0.717, 1.165) is 6.16 Å². The van der Waals surface area contributed by atoms with Crippen LogP contribution < -0.4 is 15.9 Å². The number of benzene rings is 5. The molecule has 0 heterocycles. The number of aryl methyl sites for hydroxylation is 1. The highest BCUT2D eigenvalue weighted by molar-refractivity contribution is 7.99. The summed E-state index contributed by atoms with van der Waals surface area (Å²) in [5, 5.41) is 4.33. The number of hydrogen-bond donors (Lipinski definition) is 0. The second-order valence-electron chi connectivity index (χ2n) is 9.73. The van der Waals surface area contributed by atoms with Gasteiger partial charge in [0.15, 0.2) is 0 Å². The van der Waals surface area contributed by atoms with Crippen molar-refractivity contribution < 1.29 is 0 Å². The molecule has 5 aromatic rings. The van der Waals surface area contributed by atoms with Gasteiger partial charge in [-0.3, -0.25) is 0 Å². The molecule has 0 saturated heterocycles. The third-order valence-corrected chi connectivity index (χ3v) is 12.7. The number of thioether (sulfide) groups is 1. The molecule has 0 aliphatic rings. The molecule has 0 bridgehead atoms. The molecule has 5 aromatic carbocycles. The first kappa shape index (κ1) is 26.5. The molecule has 38 heavy (non-hydrogen) atoms. The normalized spacial score (nSPS) is 11.4. The lowest BCUT2D eigenvalue weighted by Crippen LogP contribution is -2.32. The second kappa shape index (κ2) is 13.6. The summed E-state index contributed by atoms with van der Waals surface area (Å²) in [5.74, 6) is 1.17. The Kier molecular flexibility index (Phi) is 9.48. The molecule has 0 fully saturated rings. The summed E-state index contributed by atoms with van der Waals surface area (Å²) < 4.78 is 0. The Morgan fingerprint density at radius 3 is 1.47 bits per heavy atom. The molecule has 0 N–H and O–H groups in total. The Morgan fingerprint density at radius 1 is 0.447 bits per heavy atom. The Balaban J connectivity index is 1.39. The summed E-state index contributed by atoms with van der Waals surface area (Å²) in [6.07, 6.45) is 6.00. The highest BCUT2D eigenvalue weighted by Crippen LogP contribution is 2.58. The molecule has 0 nitrogen and oxygen atoms in total. The summed E-state index contributed by atoms with van der Waals surface area (Å²) in [5.41, 5.74) is 2.92. The van der Waals surface area contributed by atoms with E-state index in [-0.39, 0.29) is 0 Å². The van der Waals surface area contributed by atoms with E-state index in [1.165, 1.54) is 63.4 Å². The molecule has 0 atom stereocenters. The average Bonchev–Trinajstić information content (AvgIpc) is 3.00. The number of hydrogen-bond acceptors (Lipinski definition) is 1. The molecule has 0 spiro atoms. The second-order valence-corrected chi connectivity index (χ2v) is 14.3. The molecule has 0 aliphatic carbocycles. The van der Waals surface area contributed by atoms with Gasteiger partial charge in [-0.1, -0.05) is 110 Å². The zero-order valence-corrected chi connectivity index (χ0v) is 23.7. The lowest BCUT2D eigenvalue weighted by molar-refractivity contribution is 0.722. The van der Waals surface area contributed by atoms with Crippen LogP contribution in [0.15, 0.2) is 150 Å². The van der Waals surface area contributed by atoms with Crippen molar-refractivity contribution in [3.63, 3.8) is 0 Å². The molecule has 0 radical (unpaired) electrons. The van der Waals surface area contributed by atoms with Gasteiger partial charge >= 0.3 is 0 Å². The van der Waals surface area contributed by atoms with Crippen LogP contribution in [-0.2, 0) is 12.6 Å². The van der Waals surface area contributed by atoms with E-state index < -0.39 is 7.26 Å². The fourth-order valence-electron chi connectivity index (χ4n) is 5.23. The van der Waals surface area contributed by atoms with Crippen LogP contribution in [-0.4, -0.2) is 5.75 Å². The first-order valence-electron chi connectivity index (χ1n) is 13.7. The van der Waals surface area contributed by atoms with Crippen LogP contribution in [0.5, 0.6) is 0 Å². The predicted molar refractivity (Wildman–Crippen MR) is 170 cm³/mol. The van der Waals surface area contributed by atoms with Crippen molar-refractivity contribution in [1.29, 1.82) is 0 Å². The van der Waals surface area contributed by atoms with Crippen LogP contribution in [0.25, 0.3) is 0 Å². The summed E-state index contributed by atoms with van der Waals surface area (Å²) in [4.78, 5) is 1.43. The summed E-state index contributed by atoms with van der Waals surface area (Å²) in [6.45, 7) is 0. The topological polar surface area (TPSA) is 0 Å². The monoisotopic (exact) mass is 531 g/mol. The van der Waals surface area contributed by atoms with Crippen molar-refractivity contribution in [3.05, 3.63) is 157 Å². The van der Waals surface area contributed by atoms with Crippen molar-refractivity contribution in [2.24, 2.45) is 0 Å². The van der Waals surface area contributed by atoms with Gasteiger partial charge in [0.05, 0.1) is 6.16 Å². The van der Waals surface area contributed by atoms with Gasteiger partial charge in [0, 0.05) is 10.5 Å². The predicted octanol–water partition coefficient (Wildman–Crippen LogP) is 8.69. The van der Waals surface area contributed by atoms with Gasteiger partial charge in [0.1, 0.15) is 23.2 Å². The molecule has 0 unspecified atom stereocenters. The molecule has 190 valence electrons. The fraction of sp³-hybridized carbons (Fsp3) is 0.167. The quantitative estimate of drug-likeness (QED) is 0.0881. The smallest absolute Gasteiger partial charge is 0.116 e. The lowest BCUT2D eigenvalue weighted by Gasteiger charge is -2.28. The lowest BCUT2D eigenvalue weighted by atomic mass is 10.1. The summed E-state index contributed by atoms with van der Waals surface area (Å²) in [6, 6.07) is 53.7. The Bertz CT molecular complexity index is 1270. The van der Waals surface area contributed by atoms with Crippen molar-refractivity contribution in [3.8, 4) is 0 Å². The van der Waals surface area contributed by atoms with Gasteiger partial charge in [0.2, 0.25) is 0 Å². The number of rotatable bonds is 12. The van der Waals surface area contributed by atoms with E-state index in [1.54, 1.807) is 0 Å². The zero-order chi connectivity index (χ0) is 25.9. The van der Waals surface area contributed by atoms with Crippen molar-refractivity contribution in [2.45, 2.75) is 36.7 Å². The summed E-state index contributed by atoms with van der Waals surface area (Å²) in [7, 11) is -1.90. The average molecular weight is 532 g/mol. The van der Waals surface area contributed by atoms with Gasteiger partial charge in [-0.2, -0.15) is 0 Å². The van der Waals surface area contributed by atoms with E-state index in [9.17, 15) is 0 Å². The highest BCUT2D eigenvalue weighted by Gasteiger charge is 2.45. The molecular formula is C36H36PS+. The largest absolute Gasteiger partial charge is 0.126 e. The van der Waals surface area contributed by atoms with Gasteiger partial charge in [0.25, 0.3) is 0 Å². The fourth-order valence-corrected chi connectivity index (χ4v) is 10.7. The Labute approximate surface area is 233 Å². The zero-order valence-electron chi connectivity index (χ0n) is 22.0. The minimum absolute atomic E-state index is 1.03. The van der Waals surface area contributed by atoms with E-state index in [2.05, 4.69) is 146 Å². The van der Waals surface area contributed by atoms with E-state index in [1.807, 2.05) is 11.8 Å². The Hall–Kier alpha value is -3.12. The molecule has 2 heteroatoms. The van der Waals surface area contributed by atoms with E-state index in [4.69, 9.17) is 0 Å². The van der Waals surface area contributed by atoms with Gasteiger partial charge in [-0.25, -0.2) is 0 Å². The van der Waals surface area contributed by atoms with E-state index in [0.29, 0.717) is 0 Å². The van der Waals surface area contributed by atoms with Crippen LogP contribution in [0.4, 0.5) is 0 Å². The maximum absolute atomic E-state index is 2.36. The van der Waals surface area contributed by atoms with Crippen LogP contribution in [0.3, 0.4) is 0 Å². The van der Waals surface area contributed by atoms with Gasteiger partial charge in [-0.15, -0.1) is 11.8 Å². The minimum atomic E-state index is -1.90. The highest BCUT2D eigenvalue weighted by atomic mass is 32.2. The molecule has 0 aliphatic heterocycles. The molecular weight excluding hydrogens is 495 g/mol. The SMILES string of the molecule is c1ccc(CCCCCSc2ccccc2C[P+](c2ccccc2)(c2ccccc2)c2ccccc2)cc1. The minimum Gasteiger partial charge on any atom is -0.126 e. The third kappa shape index (κ3) is 6.47. The number of unbranched alkanes of at least 4 members (excludes halogenated alkanes) is 2. The molecule has 0 amide bonds. The van der Waals surface area contributed by atoms with Crippen molar-refractivity contribution >= 4 is 34.9 Å². The van der Waals surface area contributed by atoms with Gasteiger partial charge in [-0.05, 0) is 73.0 Å². The first-order chi connectivity index (χ1) is 18.9. The standard InChI is InChI=1S/C36H36PS/c1-6-18-31(19-7-1)20-8-5-17-29-38-36-28-16-15-21-32(36)30-37(33-22-9-2-10-23-33,34-24-11-3-12-25-34)35-26-13-4-14-27-35/h1-4,6-7,9-16,18-19,21-28H,5,8,17,20,29-30H2/q+1. The third-order valence-electron chi connectivity index (χ3n) is 7.18. The van der Waals surface area contributed by atoms with Crippen LogP contribution >= 0.6 is 19.0 Å². The van der Waals surface area contributed by atoms with Gasteiger partial charge < -0.3 is 0 Å².